The molecule has 6 heteroatoms. The van der Waals surface area contributed by atoms with Crippen LogP contribution in [-0.4, -0.2) is 17.5 Å². The van der Waals surface area contributed by atoms with Gasteiger partial charge in [0, 0.05) is 11.3 Å². The lowest BCUT2D eigenvalue weighted by molar-refractivity contribution is 0.102. The van der Waals surface area contributed by atoms with E-state index >= 15 is 0 Å². The number of nitrogens with zero attached hydrogens (tertiary/aromatic N) is 1. The molecule has 0 unspecified atom stereocenters. The number of benzene rings is 3. The Morgan fingerprint density at radius 1 is 1.10 bits per heavy atom. The van der Waals surface area contributed by atoms with Gasteiger partial charge in [-0.1, -0.05) is 31.5 Å². The molecule has 0 aliphatic rings. The van der Waals surface area contributed by atoms with E-state index in [0.717, 1.165) is 11.3 Å². The first-order valence-corrected chi connectivity index (χ1v) is 10.6. The van der Waals surface area contributed by atoms with E-state index in [9.17, 15) is 4.79 Å². The lowest BCUT2D eigenvalue weighted by Gasteiger charge is -2.08. The van der Waals surface area contributed by atoms with Crippen LogP contribution in [-0.2, 0) is 0 Å². The number of anilines is 1. The van der Waals surface area contributed by atoms with Crippen LogP contribution in [0.4, 0.5) is 5.69 Å². The van der Waals surface area contributed by atoms with Gasteiger partial charge in [-0.25, -0.2) is 4.98 Å². The van der Waals surface area contributed by atoms with E-state index < -0.39 is 0 Å². The van der Waals surface area contributed by atoms with Crippen molar-refractivity contribution in [2.45, 2.75) is 26.7 Å². The third-order valence-corrected chi connectivity index (χ3v) is 5.29. The van der Waals surface area contributed by atoms with Gasteiger partial charge in [-0.15, -0.1) is 0 Å². The quantitative estimate of drug-likeness (QED) is 0.357. The number of hydrogen-bond acceptors (Lipinski definition) is 4. The van der Waals surface area contributed by atoms with Gasteiger partial charge in [-0.2, -0.15) is 0 Å². The van der Waals surface area contributed by atoms with Crippen LogP contribution in [0.3, 0.4) is 0 Å². The summed E-state index contributed by atoms with van der Waals surface area (Å²) in [6.45, 7) is 6.76. The van der Waals surface area contributed by atoms with Crippen molar-refractivity contribution in [3.05, 3.63) is 76.8 Å². The Hall–Kier alpha value is -3.31. The number of rotatable bonds is 6. The third kappa shape index (κ3) is 4.57. The molecule has 0 atom stereocenters. The Balaban J connectivity index is 1.59. The maximum Gasteiger partial charge on any atom is 0.255 e. The summed E-state index contributed by atoms with van der Waals surface area (Å²) in [6.07, 6.45) is 0. The highest BCUT2D eigenvalue weighted by Gasteiger charge is 2.15. The number of ether oxygens (including phenoxy) is 1. The standard InChI is InChI=1S/C25H23ClN2O3/c1-4-30-19-9-5-16(6-10-19)24(29)27-18-8-11-21(26)20(14-18)25-28-22-13-17(15(2)3)7-12-23(22)31-25/h5-15H,4H2,1-3H3,(H,27,29). The van der Waals surface area contributed by atoms with Crippen molar-refractivity contribution in [2.24, 2.45) is 0 Å². The molecule has 3 aromatic carbocycles. The first-order chi connectivity index (χ1) is 14.9. The Bertz CT molecular complexity index is 1230. The van der Waals surface area contributed by atoms with E-state index in [1.165, 1.54) is 5.56 Å². The molecule has 0 spiro atoms. The largest absolute Gasteiger partial charge is 0.494 e. The number of oxazole rings is 1. The van der Waals surface area contributed by atoms with Crippen molar-refractivity contribution >= 4 is 34.3 Å². The SMILES string of the molecule is CCOc1ccc(C(=O)Nc2ccc(Cl)c(-c3nc4cc(C(C)C)ccc4o3)c2)cc1. The minimum atomic E-state index is -0.226. The summed E-state index contributed by atoms with van der Waals surface area (Å²) >= 11 is 6.41. The summed E-state index contributed by atoms with van der Waals surface area (Å²) in [5.41, 5.74) is 4.41. The van der Waals surface area contributed by atoms with E-state index in [1.54, 1.807) is 42.5 Å². The number of carbonyl (C=O) groups is 1. The summed E-state index contributed by atoms with van der Waals surface area (Å²) in [5.74, 6) is 1.31. The van der Waals surface area contributed by atoms with E-state index in [0.29, 0.717) is 45.8 Å². The van der Waals surface area contributed by atoms with Crippen molar-refractivity contribution < 1.29 is 13.9 Å². The molecule has 1 heterocycles. The van der Waals surface area contributed by atoms with Crippen LogP contribution in [0.1, 0.15) is 42.6 Å². The Labute approximate surface area is 186 Å². The average Bonchev–Trinajstić information content (AvgIpc) is 3.19. The van der Waals surface area contributed by atoms with Crippen LogP contribution >= 0.6 is 11.6 Å². The molecule has 0 saturated heterocycles. The second-order valence-corrected chi connectivity index (χ2v) is 7.91. The van der Waals surface area contributed by atoms with Crippen LogP contribution in [0, 0.1) is 0 Å². The van der Waals surface area contributed by atoms with Gasteiger partial charge < -0.3 is 14.5 Å². The fourth-order valence-corrected chi connectivity index (χ4v) is 3.46. The van der Waals surface area contributed by atoms with Gasteiger partial charge in [0.1, 0.15) is 11.3 Å². The summed E-state index contributed by atoms with van der Waals surface area (Å²) in [6, 6.07) is 18.2. The molecule has 0 bridgehead atoms. The second kappa shape index (κ2) is 8.82. The van der Waals surface area contributed by atoms with E-state index in [1.807, 2.05) is 25.1 Å². The van der Waals surface area contributed by atoms with Gasteiger partial charge in [-0.3, -0.25) is 4.79 Å². The molecule has 0 radical (unpaired) electrons. The van der Waals surface area contributed by atoms with Crippen LogP contribution < -0.4 is 10.1 Å². The molecular weight excluding hydrogens is 412 g/mol. The molecule has 0 fully saturated rings. The van der Waals surface area contributed by atoms with Crippen molar-refractivity contribution in [3.63, 3.8) is 0 Å². The molecule has 0 aliphatic carbocycles. The van der Waals surface area contributed by atoms with Gasteiger partial charge in [0.2, 0.25) is 5.89 Å². The summed E-state index contributed by atoms with van der Waals surface area (Å²) in [5, 5.41) is 3.39. The monoisotopic (exact) mass is 434 g/mol. The van der Waals surface area contributed by atoms with Crippen LogP contribution in [0.15, 0.2) is 65.1 Å². The van der Waals surface area contributed by atoms with Crippen molar-refractivity contribution in [3.8, 4) is 17.2 Å². The predicted octanol–water partition coefficient (Wildman–Crippen LogP) is 6.92. The topological polar surface area (TPSA) is 64.4 Å². The molecule has 1 N–H and O–H groups in total. The Morgan fingerprint density at radius 3 is 2.58 bits per heavy atom. The molecule has 0 aliphatic heterocycles. The van der Waals surface area contributed by atoms with Crippen molar-refractivity contribution in [1.82, 2.24) is 4.98 Å². The number of carbonyl (C=O) groups excluding carboxylic acids is 1. The summed E-state index contributed by atoms with van der Waals surface area (Å²) in [7, 11) is 0. The number of aromatic nitrogens is 1. The predicted molar refractivity (Wildman–Crippen MR) is 124 cm³/mol. The molecule has 0 saturated carbocycles. The highest BCUT2D eigenvalue weighted by atomic mass is 35.5. The Morgan fingerprint density at radius 2 is 1.87 bits per heavy atom. The normalized spacial score (nSPS) is 11.1. The number of nitrogens with one attached hydrogen (secondary N) is 1. The van der Waals surface area contributed by atoms with Gasteiger partial charge in [0.15, 0.2) is 5.58 Å². The number of hydrogen-bond donors (Lipinski definition) is 1. The maximum atomic E-state index is 12.6. The third-order valence-electron chi connectivity index (χ3n) is 4.96. The molecular formula is C25H23ClN2O3. The number of amides is 1. The summed E-state index contributed by atoms with van der Waals surface area (Å²) < 4.78 is 11.3. The fourth-order valence-electron chi connectivity index (χ4n) is 3.26. The minimum Gasteiger partial charge on any atom is -0.494 e. The maximum absolute atomic E-state index is 12.6. The zero-order chi connectivity index (χ0) is 22.0. The number of halogens is 1. The number of fused-ring (bicyclic) bond motifs is 1. The first kappa shape index (κ1) is 20.9. The van der Waals surface area contributed by atoms with Crippen molar-refractivity contribution in [1.29, 1.82) is 0 Å². The molecule has 4 aromatic rings. The second-order valence-electron chi connectivity index (χ2n) is 7.51. The first-order valence-electron chi connectivity index (χ1n) is 10.2. The van der Waals surface area contributed by atoms with E-state index in [2.05, 4.69) is 24.1 Å². The Kier molecular flexibility index (Phi) is 5.96. The molecule has 5 nitrogen and oxygen atoms in total. The van der Waals surface area contributed by atoms with Crippen LogP contribution in [0.2, 0.25) is 5.02 Å². The average molecular weight is 435 g/mol. The highest BCUT2D eigenvalue weighted by Crippen LogP contribution is 2.33. The van der Waals surface area contributed by atoms with Crippen LogP contribution in [0.25, 0.3) is 22.6 Å². The molecule has 1 amide bonds. The molecule has 158 valence electrons. The molecule has 4 rings (SSSR count). The highest BCUT2D eigenvalue weighted by molar-refractivity contribution is 6.33. The van der Waals surface area contributed by atoms with E-state index in [-0.39, 0.29) is 5.91 Å². The van der Waals surface area contributed by atoms with Gasteiger partial charge in [-0.05, 0) is 73.0 Å². The van der Waals surface area contributed by atoms with Crippen LogP contribution in [0.5, 0.6) is 5.75 Å². The van der Waals surface area contributed by atoms with Crippen molar-refractivity contribution in [2.75, 3.05) is 11.9 Å². The molecule has 1 aromatic heterocycles. The zero-order valence-electron chi connectivity index (χ0n) is 17.6. The molecule has 31 heavy (non-hydrogen) atoms. The fraction of sp³-hybridized carbons (Fsp3) is 0.200. The summed E-state index contributed by atoms with van der Waals surface area (Å²) in [4.78, 5) is 17.2. The lowest BCUT2D eigenvalue weighted by atomic mass is 10.0. The lowest BCUT2D eigenvalue weighted by Crippen LogP contribution is -2.11. The van der Waals surface area contributed by atoms with Gasteiger partial charge >= 0.3 is 0 Å². The smallest absolute Gasteiger partial charge is 0.255 e. The van der Waals surface area contributed by atoms with Gasteiger partial charge in [0.05, 0.1) is 17.2 Å². The van der Waals surface area contributed by atoms with E-state index in [4.69, 9.17) is 20.8 Å². The zero-order valence-corrected chi connectivity index (χ0v) is 18.4. The minimum absolute atomic E-state index is 0.226. The van der Waals surface area contributed by atoms with Gasteiger partial charge in [0.25, 0.3) is 5.91 Å².